The third-order valence-corrected chi connectivity index (χ3v) is 2.61. The van der Waals surface area contributed by atoms with Crippen LogP contribution >= 0.6 is 0 Å². The lowest BCUT2D eigenvalue weighted by Crippen LogP contribution is -2.12. The smallest absolute Gasteiger partial charge is 0.141 e. The van der Waals surface area contributed by atoms with Crippen molar-refractivity contribution >= 4 is 5.69 Å². The molecule has 90 valence electrons. The summed E-state index contributed by atoms with van der Waals surface area (Å²) in [5.74, 6) is 0.761. The van der Waals surface area contributed by atoms with E-state index in [4.69, 9.17) is 10.5 Å². The number of methoxy groups -OCH3 is 1. The predicted octanol–water partition coefficient (Wildman–Crippen LogP) is 2.16. The molecule has 0 aliphatic heterocycles. The molecule has 0 radical (unpaired) electrons. The van der Waals surface area contributed by atoms with Gasteiger partial charge in [-0.2, -0.15) is 0 Å². The molecule has 3 nitrogen and oxygen atoms in total. The lowest BCUT2D eigenvalue weighted by atomic mass is 10.1. The summed E-state index contributed by atoms with van der Waals surface area (Å²) in [5.41, 5.74) is 7.87. The van der Waals surface area contributed by atoms with Crippen LogP contribution in [0.25, 0.3) is 0 Å². The molecule has 16 heavy (non-hydrogen) atoms. The minimum absolute atomic E-state index is 0.729. The molecule has 0 aliphatic carbocycles. The van der Waals surface area contributed by atoms with Crippen LogP contribution in [0.15, 0.2) is 18.2 Å². The Morgan fingerprint density at radius 1 is 1.25 bits per heavy atom. The van der Waals surface area contributed by atoms with Gasteiger partial charge in [0.15, 0.2) is 0 Å². The van der Waals surface area contributed by atoms with E-state index in [-0.39, 0.29) is 0 Å². The molecule has 0 saturated carbocycles. The van der Waals surface area contributed by atoms with Crippen molar-refractivity contribution in [3.8, 4) is 5.75 Å². The fourth-order valence-corrected chi connectivity index (χ4v) is 1.70. The summed E-state index contributed by atoms with van der Waals surface area (Å²) in [6.07, 6.45) is 3.50. The summed E-state index contributed by atoms with van der Waals surface area (Å²) in [4.78, 5) is 2.21. The number of benzene rings is 1. The topological polar surface area (TPSA) is 38.5 Å². The Labute approximate surface area is 98.2 Å². The van der Waals surface area contributed by atoms with E-state index in [1.54, 1.807) is 7.11 Å². The van der Waals surface area contributed by atoms with Crippen LogP contribution in [0.4, 0.5) is 5.69 Å². The Kier molecular flexibility index (Phi) is 5.12. The third-order valence-electron chi connectivity index (χ3n) is 2.61. The van der Waals surface area contributed by atoms with Crippen molar-refractivity contribution in [3.05, 3.63) is 23.8 Å². The molecule has 0 heterocycles. The zero-order valence-corrected chi connectivity index (χ0v) is 10.5. The SMILES string of the molecule is COc1ccc(CCCCN(C)C)cc1N. The Morgan fingerprint density at radius 3 is 2.56 bits per heavy atom. The van der Waals surface area contributed by atoms with Crippen LogP contribution in [-0.4, -0.2) is 32.6 Å². The van der Waals surface area contributed by atoms with Crippen LogP contribution in [0.3, 0.4) is 0 Å². The fourth-order valence-electron chi connectivity index (χ4n) is 1.70. The van der Waals surface area contributed by atoms with Gasteiger partial charge in [0.25, 0.3) is 0 Å². The zero-order chi connectivity index (χ0) is 12.0. The largest absolute Gasteiger partial charge is 0.495 e. The van der Waals surface area contributed by atoms with Gasteiger partial charge in [-0.3, -0.25) is 0 Å². The van der Waals surface area contributed by atoms with Crippen molar-refractivity contribution in [2.45, 2.75) is 19.3 Å². The average molecular weight is 222 g/mol. The van der Waals surface area contributed by atoms with Gasteiger partial charge in [-0.1, -0.05) is 6.07 Å². The predicted molar refractivity (Wildman–Crippen MR) is 68.9 cm³/mol. The maximum atomic E-state index is 5.85. The first kappa shape index (κ1) is 12.8. The Morgan fingerprint density at radius 2 is 2.00 bits per heavy atom. The lowest BCUT2D eigenvalue weighted by molar-refractivity contribution is 0.394. The molecule has 0 spiro atoms. The number of hydrogen-bond donors (Lipinski definition) is 1. The van der Waals surface area contributed by atoms with Crippen molar-refractivity contribution in [3.63, 3.8) is 0 Å². The number of ether oxygens (including phenoxy) is 1. The molecule has 0 saturated heterocycles. The van der Waals surface area contributed by atoms with Gasteiger partial charge in [-0.25, -0.2) is 0 Å². The van der Waals surface area contributed by atoms with Gasteiger partial charge in [-0.05, 0) is 57.6 Å². The number of rotatable bonds is 6. The van der Waals surface area contributed by atoms with Gasteiger partial charge in [0, 0.05) is 0 Å². The number of nitrogens with two attached hydrogens (primary N) is 1. The summed E-state index contributed by atoms with van der Waals surface area (Å²) < 4.78 is 5.13. The maximum absolute atomic E-state index is 5.85. The highest BCUT2D eigenvalue weighted by Gasteiger charge is 2.00. The monoisotopic (exact) mass is 222 g/mol. The number of nitrogen functional groups attached to an aromatic ring is 1. The molecule has 0 bridgehead atoms. The van der Waals surface area contributed by atoms with Crippen molar-refractivity contribution in [1.29, 1.82) is 0 Å². The molecule has 2 N–H and O–H groups in total. The van der Waals surface area contributed by atoms with Gasteiger partial charge in [0.1, 0.15) is 5.75 Å². The molecule has 3 heteroatoms. The summed E-state index contributed by atoms with van der Waals surface area (Å²) in [5, 5.41) is 0. The molecule has 0 fully saturated rings. The van der Waals surface area contributed by atoms with Crippen molar-refractivity contribution in [2.75, 3.05) is 33.5 Å². The van der Waals surface area contributed by atoms with E-state index >= 15 is 0 Å². The standard InChI is InChI=1S/C13H22N2O/c1-15(2)9-5-4-6-11-7-8-13(16-3)12(14)10-11/h7-8,10H,4-6,9,14H2,1-3H3. The molecule has 1 aromatic carbocycles. The summed E-state index contributed by atoms with van der Waals surface area (Å²) in [7, 11) is 5.85. The Bertz CT molecular complexity index is 324. The van der Waals surface area contributed by atoms with Crippen LogP contribution in [0, 0.1) is 0 Å². The number of anilines is 1. The normalized spacial score (nSPS) is 10.8. The van der Waals surface area contributed by atoms with Crippen LogP contribution in [0.5, 0.6) is 5.75 Å². The fraction of sp³-hybridized carbons (Fsp3) is 0.538. The molecule has 0 amide bonds. The highest BCUT2D eigenvalue weighted by molar-refractivity contribution is 5.54. The van der Waals surface area contributed by atoms with Crippen LogP contribution in [0.2, 0.25) is 0 Å². The molecule has 0 aliphatic rings. The van der Waals surface area contributed by atoms with Gasteiger partial charge in [-0.15, -0.1) is 0 Å². The van der Waals surface area contributed by atoms with Gasteiger partial charge in [0.05, 0.1) is 12.8 Å². The maximum Gasteiger partial charge on any atom is 0.141 e. The van der Waals surface area contributed by atoms with Gasteiger partial charge >= 0.3 is 0 Å². The van der Waals surface area contributed by atoms with Crippen LogP contribution in [-0.2, 0) is 6.42 Å². The van der Waals surface area contributed by atoms with Crippen molar-refractivity contribution in [2.24, 2.45) is 0 Å². The highest BCUT2D eigenvalue weighted by Crippen LogP contribution is 2.22. The summed E-state index contributed by atoms with van der Waals surface area (Å²) in [6.45, 7) is 1.14. The first-order valence-corrected chi connectivity index (χ1v) is 5.70. The average Bonchev–Trinajstić information content (AvgIpc) is 2.24. The number of hydrogen-bond acceptors (Lipinski definition) is 3. The summed E-state index contributed by atoms with van der Waals surface area (Å²) >= 11 is 0. The van der Waals surface area contributed by atoms with Crippen LogP contribution < -0.4 is 10.5 Å². The lowest BCUT2D eigenvalue weighted by Gasteiger charge is -2.10. The van der Waals surface area contributed by atoms with Crippen molar-refractivity contribution < 1.29 is 4.74 Å². The van der Waals surface area contributed by atoms with Crippen LogP contribution in [0.1, 0.15) is 18.4 Å². The second-order valence-corrected chi connectivity index (χ2v) is 4.34. The first-order valence-electron chi connectivity index (χ1n) is 5.70. The molecule has 1 aromatic rings. The molecule has 0 unspecified atom stereocenters. The Balaban J connectivity index is 2.40. The van der Waals surface area contributed by atoms with E-state index in [9.17, 15) is 0 Å². The second kappa shape index (κ2) is 6.38. The van der Waals surface area contributed by atoms with E-state index in [2.05, 4.69) is 25.1 Å². The molecule has 1 rings (SSSR count). The van der Waals surface area contributed by atoms with E-state index in [1.165, 1.54) is 18.4 Å². The molecular weight excluding hydrogens is 200 g/mol. The van der Waals surface area contributed by atoms with Crippen molar-refractivity contribution in [1.82, 2.24) is 4.90 Å². The minimum atomic E-state index is 0.729. The van der Waals surface area contributed by atoms with E-state index in [1.807, 2.05) is 12.1 Å². The third kappa shape index (κ3) is 4.11. The second-order valence-electron chi connectivity index (χ2n) is 4.34. The Hall–Kier alpha value is -1.22. The highest BCUT2D eigenvalue weighted by atomic mass is 16.5. The minimum Gasteiger partial charge on any atom is -0.495 e. The van der Waals surface area contributed by atoms with Gasteiger partial charge < -0.3 is 15.4 Å². The van der Waals surface area contributed by atoms with E-state index in [0.717, 1.165) is 24.4 Å². The van der Waals surface area contributed by atoms with E-state index < -0.39 is 0 Å². The first-order chi connectivity index (χ1) is 7.63. The quantitative estimate of drug-likeness (QED) is 0.592. The molecule has 0 aromatic heterocycles. The molecule has 0 atom stereocenters. The number of nitrogens with zero attached hydrogens (tertiary/aromatic N) is 1. The van der Waals surface area contributed by atoms with Gasteiger partial charge in [0.2, 0.25) is 0 Å². The number of aryl methyl sites for hydroxylation is 1. The molecular formula is C13H22N2O. The summed E-state index contributed by atoms with van der Waals surface area (Å²) in [6, 6.07) is 6.04. The number of unbranched alkanes of at least 4 members (excludes halogenated alkanes) is 1. The van der Waals surface area contributed by atoms with E-state index in [0.29, 0.717) is 0 Å². The zero-order valence-electron chi connectivity index (χ0n) is 10.5.